The predicted octanol–water partition coefficient (Wildman–Crippen LogP) is 2.91. The van der Waals surface area contributed by atoms with Gasteiger partial charge in [-0.2, -0.15) is 5.10 Å². The number of benzene rings is 1. The highest BCUT2D eigenvalue weighted by atomic mass is 79.9. The largest absolute Gasteiger partial charge is 0.497 e. The molecular formula is C12H14BrN3O. The lowest BCUT2D eigenvalue weighted by Gasteiger charge is -2.08. The van der Waals surface area contributed by atoms with E-state index in [9.17, 15) is 0 Å². The predicted molar refractivity (Wildman–Crippen MR) is 72.6 cm³/mol. The molecule has 0 saturated carbocycles. The molecule has 1 aromatic carbocycles. The van der Waals surface area contributed by atoms with Crippen molar-refractivity contribution in [3.05, 3.63) is 28.7 Å². The Kier molecular flexibility index (Phi) is 3.38. The molecule has 1 heterocycles. The molecule has 0 spiro atoms. The van der Waals surface area contributed by atoms with Crippen LogP contribution in [-0.2, 0) is 0 Å². The van der Waals surface area contributed by atoms with Crippen LogP contribution >= 0.6 is 15.9 Å². The molecule has 1 N–H and O–H groups in total. The molecule has 2 aromatic rings. The average Bonchev–Trinajstić information content (AvgIpc) is 2.71. The minimum absolute atomic E-state index is 0.829. The molecular weight excluding hydrogens is 282 g/mol. The summed E-state index contributed by atoms with van der Waals surface area (Å²) in [5.74, 6) is 1.71. The highest BCUT2D eigenvalue weighted by molar-refractivity contribution is 9.10. The molecule has 0 amide bonds. The van der Waals surface area contributed by atoms with E-state index in [-0.39, 0.29) is 0 Å². The van der Waals surface area contributed by atoms with Crippen LogP contribution in [0, 0.1) is 0 Å². The second kappa shape index (κ2) is 4.79. The maximum atomic E-state index is 5.21. The second-order valence-electron chi connectivity index (χ2n) is 3.86. The van der Waals surface area contributed by atoms with E-state index in [4.69, 9.17) is 4.74 Å². The lowest BCUT2D eigenvalue weighted by molar-refractivity contribution is 0.415. The summed E-state index contributed by atoms with van der Waals surface area (Å²) in [6.45, 7) is 0. The molecule has 0 saturated heterocycles. The van der Waals surface area contributed by atoms with Gasteiger partial charge in [0.25, 0.3) is 0 Å². The number of aromatic amines is 1. The third-order valence-electron chi connectivity index (χ3n) is 2.47. The van der Waals surface area contributed by atoms with Gasteiger partial charge < -0.3 is 9.64 Å². The van der Waals surface area contributed by atoms with Gasteiger partial charge in [-0.25, -0.2) is 0 Å². The van der Waals surface area contributed by atoms with E-state index in [0.29, 0.717) is 0 Å². The van der Waals surface area contributed by atoms with Gasteiger partial charge in [0.15, 0.2) is 5.82 Å². The first-order valence-electron chi connectivity index (χ1n) is 5.19. The molecule has 2 rings (SSSR count). The molecule has 1 aromatic heterocycles. The number of aromatic nitrogens is 2. The summed E-state index contributed by atoms with van der Waals surface area (Å²) < 4.78 is 6.16. The number of ether oxygens (including phenoxy) is 1. The zero-order valence-corrected chi connectivity index (χ0v) is 11.6. The topological polar surface area (TPSA) is 41.1 Å². The van der Waals surface area contributed by atoms with Crippen LogP contribution < -0.4 is 9.64 Å². The molecule has 0 unspecified atom stereocenters. The summed E-state index contributed by atoms with van der Waals surface area (Å²) >= 11 is 3.56. The summed E-state index contributed by atoms with van der Waals surface area (Å²) in [5, 5.41) is 7.29. The molecule has 4 nitrogen and oxygen atoms in total. The molecule has 0 aliphatic carbocycles. The van der Waals surface area contributed by atoms with Gasteiger partial charge in [-0.1, -0.05) is 12.1 Å². The summed E-state index contributed by atoms with van der Waals surface area (Å²) in [7, 11) is 5.57. The maximum Gasteiger partial charge on any atom is 0.164 e. The van der Waals surface area contributed by atoms with Gasteiger partial charge in [-0.3, -0.25) is 5.10 Å². The van der Waals surface area contributed by atoms with Crippen LogP contribution in [0.1, 0.15) is 0 Å². The van der Waals surface area contributed by atoms with Crippen LogP contribution in [0.4, 0.5) is 5.82 Å². The third kappa shape index (κ3) is 2.29. The summed E-state index contributed by atoms with van der Waals surface area (Å²) in [4.78, 5) is 1.95. The highest BCUT2D eigenvalue weighted by Gasteiger charge is 2.13. The molecule has 17 heavy (non-hydrogen) atoms. The van der Waals surface area contributed by atoms with Crippen LogP contribution in [0.15, 0.2) is 28.7 Å². The SMILES string of the molecule is COc1cccc(-c2[nH]nc(N(C)C)c2Br)c1. The number of hydrogen-bond donors (Lipinski definition) is 1. The Morgan fingerprint density at radius 1 is 1.35 bits per heavy atom. The van der Waals surface area contributed by atoms with Crippen molar-refractivity contribution in [3.63, 3.8) is 0 Å². The van der Waals surface area contributed by atoms with E-state index >= 15 is 0 Å². The van der Waals surface area contributed by atoms with Crippen molar-refractivity contribution in [2.45, 2.75) is 0 Å². The number of nitrogens with zero attached hydrogens (tertiary/aromatic N) is 2. The molecule has 0 fully saturated rings. The molecule has 0 aliphatic heterocycles. The van der Waals surface area contributed by atoms with E-state index in [1.54, 1.807) is 7.11 Å². The van der Waals surface area contributed by atoms with E-state index in [1.807, 2.05) is 43.3 Å². The first-order chi connectivity index (χ1) is 8.13. The monoisotopic (exact) mass is 295 g/mol. The number of halogens is 1. The quantitative estimate of drug-likeness (QED) is 0.947. The van der Waals surface area contributed by atoms with Gasteiger partial charge in [0.1, 0.15) is 5.75 Å². The maximum absolute atomic E-state index is 5.21. The van der Waals surface area contributed by atoms with E-state index in [0.717, 1.165) is 27.3 Å². The fourth-order valence-electron chi connectivity index (χ4n) is 1.58. The standard InChI is InChI=1S/C12H14BrN3O/c1-16(2)12-10(13)11(14-15-12)8-5-4-6-9(7-8)17-3/h4-7H,1-3H3,(H,14,15). The molecule has 0 aliphatic rings. The smallest absolute Gasteiger partial charge is 0.164 e. The van der Waals surface area contributed by atoms with Crippen LogP contribution in [-0.4, -0.2) is 31.4 Å². The Hall–Kier alpha value is -1.49. The fourth-order valence-corrected chi connectivity index (χ4v) is 2.35. The Labute approximate surface area is 109 Å². The first-order valence-corrected chi connectivity index (χ1v) is 5.98. The van der Waals surface area contributed by atoms with Crippen molar-refractivity contribution < 1.29 is 4.74 Å². The van der Waals surface area contributed by atoms with Crippen molar-refractivity contribution >= 4 is 21.7 Å². The molecule has 0 bridgehead atoms. The minimum atomic E-state index is 0.829. The second-order valence-corrected chi connectivity index (χ2v) is 4.66. The number of H-pyrrole nitrogens is 1. The van der Waals surface area contributed by atoms with Crippen molar-refractivity contribution in [1.29, 1.82) is 0 Å². The van der Waals surface area contributed by atoms with Crippen LogP contribution in [0.25, 0.3) is 11.3 Å². The lowest BCUT2D eigenvalue weighted by Crippen LogP contribution is -2.09. The van der Waals surface area contributed by atoms with Crippen LogP contribution in [0.5, 0.6) is 5.75 Å². The number of anilines is 1. The molecule has 0 radical (unpaired) electrons. The molecule has 5 heteroatoms. The normalized spacial score (nSPS) is 10.4. The van der Waals surface area contributed by atoms with E-state index in [1.165, 1.54) is 0 Å². The van der Waals surface area contributed by atoms with Crippen LogP contribution in [0.3, 0.4) is 0 Å². The first kappa shape index (κ1) is 12.0. The molecule has 90 valence electrons. The number of hydrogen-bond acceptors (Lipinski definition) is 3. The van der Waals surface area contributed by atoms with Gasteiger partial charge in [0.05, 0.1) is 17.3 Å². The summed E-state index contributed by atoms with van der Waals surface area (Å²) in [6, 6.07) is 7.86. The fraction of sp³-hybridized carbons (Fsp3) is 0.250. The van der Waals surface area contributed by atoms with Gasteiger partial charge in [-0.15, -0.1) is 0 Å². The zero-order valence-electron chi connectivity index (χ0n) is 9.99. The number of nitrogens with one attached hydrogen (secondary N) is 1. The van der Waals surface area contributed by atoms with E-state index in [2.05, 4.69) is 26.1 Å². The van der Waals surface area contributed by atoms with Gasteiger partial charge >= 0.3 is 0 Å². The van der Waals surface area contributed by atoms with Gasteiger partial charge in [0, 0.05) is 19.7 Å². The Bertz CT molecular complexity index is 522. The van der Waals surface area contributed by atoms with Gasteiger partial charge in [0.2, 0.25) is 0 Å². The third-order valence-corrected chi connectivity index (χ3v) is 3.22. The highest BCUT2D eigenvalue weighted by Crippen LogP contribution is 2.34. The van der Waals surface area contributed by atoms with Crippen molar-refractivity contribution in [2.24, 2.45) is 0 Å². The van der Waals surface area contributed by atoms with Crippen molar-refractivity contribution in [3.8, 4) is 17.0 Å². The van der Waals surface area contributed by atoms with Crippen molar-refractivity contribution in [1.82, 2.24) is 10.2 Å². The zero-order chi connectivity index (χ0) is 12.4. The summed E-state index contributed by atoms with van der Waals surface area (Å²) in [6.07, 6.45) is 0. The van der Waals surface area contributed by atoms with Crippen LogP contribution in [0.2, 0.25) is 0 Å². The number of rotatable bonds is 3. The van der Waals surface area contributed by atoms with Gasteiger partial charge in [-0.05, 0) is 28.1 Å². The Morgan fingerprint density at radius 2 is 2.12 bits per heavy atom. The molecule has 0 atom stereocenters. The average molecular weight is 296 g/mol. The summed E-state index contributed by atoms with van der Waals surface area (Å²) in [5.41, 5.74) is 1.99. The Morgan fingerprint density at radius 3 is 2.71 bits per heavy atom. The van der Waals surface area contributed by atoms with Crippen molar-refractivity contribution in [2.75, 3.05) is 26.1 Å². The lowest BCUT2D eigenvalue weighted by atomic mass is 10.1. The minimum Gasteiger partial charge on any atom is -0.497 e. The Balaban J connectivity index is 2.46. The number of methoxy groups -OCH3 is 1. The van der Waals surface area contributed by atoms with E-state index < -0.39 is 0 Å².